The van der Waals surface area contributed by atoms with Crippen LogP contribution >= 0.6 is 0 Å². The molecule has 4 nitrogen and oxygen atoms in total. The van der Waals surface area contributed by atoms with E-state index in [1.807, 2.05) is 97.1 Å². The Kier molecular flexibility index (Phi) is 6.73. The van der Waals surface area contributed by atoms with Crippen LogP contribution in [0, 0.1) is 13.8 Å². The zero-order chi connectivity index (χ0) is 22.2. The van der Waals surface area contributed by atoms with Gasteiger partial charge in [-0.25, -0.2) is 0 Å². The molecule has 0 saturated carbocycles. The van der Waals surface area contributed by atoms with Gasteiger partial charge >= 0.3 is 0 Å². The first kappa shape index (κ1) is 21.1. The van der Waals surface area contributed by atoms with Crippen LogP contribution in [0.25, 0.3) is 0 Å². The first-order valence-electron chi connectivity index (χ1n) is 10.4. The molecule has 0 fully saturated rings. The van der Waals surface area contributed by atoms with E-state index in [0.717, 1.165) is 34.4 Å². The smallest absolute Gasteiger partial charge is 0.127 e. The lowest BCUT2D eigenvalue weighted by atomic mass is 10.2. The Labute approximate surface area is 188 Å². The third-order valence-electron chi connectivity index (χ3n) is 4.70. The Morgan fingerprint density at radius 1 is 0.438 bits per heavy atom. The summed E-state index contributed by atoms with van der Waals surface area (Å²) in [7, 11) is 0. The van der Waals surface area contributed by atoms with Gasteiger partial charge in [-0.05, 0) is 86.6 Å². The van der Waals surface area contributed by atoms with E-state index in [4.69, 9.17) is 9.47 Å². The van der Waals surface area contributed by atoms with Crippen LogP contribution in [0.15, 0.2) is 107 Å². The average Bonchev–Trinajstić information content (AvgIpc) is 2.82. The number of hydrogen-bond donors (Lipinski definition) is 0. The van der Waals surface area contributed by atoms with Gasteiger partial charge in [-0.2, -0.15) is 0 Å². The van der Waals surface area contributed by atoms with E-state index in [2.05, 4.69) is 23.8 Å². The van der Waals surface area contributed by atoms with E-state index in [0.29, 0.717) is 0 Å². The monoisotopic (exact) mass is 420 g/mol. The zero-order valence-electron chi connectivity index (χ0n) is 18.1. The molecule has 0 aromatic heterocycles. The van der Waals surface area contributed by atoms with Crippen molar-refractivity contribution in [2.45, 2.75) is 13.8 Å². The van der Waals surface area contributed by atoms with Gasteiger partial charge in [0.2, 0.25) is 0 Å². The predicted octanol–water partition coefficient (Wildman–Crippen LogP) is 7.99. The number of hydrogen-bond acceptors (Lipinski definition) is 4. The highest BCUT2D eigenvalue weighted by molar-refractivity contribution is 6.17. The molecule has 0 saturated heterocycles. The second-order valence-corrected chi connectivity index (χ2v) is 7.37. The Bertz CT molecular complexity index is 1090. The molecule has 0 aliphatic carbocycles. The summed E-state index contributed by atoms with van der Waals surface area (Å²) >= 11 is 0. The maximum absolute atomic E-state index is 5.84. The van der Waals surface area contributed by atoms with Crippen LogP contribution < -0.4 is 9.47 Å². The highest BCUT2D eigenvalue weighted by Gasteiger charge is 1.98. The minimum absolute atomic E-state index is 0.773. The van der Waals surface area contributed by atoms with Crippen LogP contribution in [0.1, 0.15) is 11.1 Å². The molecule has 0 unspecified atom stereocenters. The van der Waals surface area contributed by atoms with Gasteiger partial charge in [-0.1, -0.05) is 35.4 Å². The maximum atomic E-state index is 5.84. The highest BCUT2D eigenvalue weighted by atomic mass is 16.5. The van der Waals surface area contributed by atoms with E-state index in [-0.39, 0.29) is 0 Å². The second-order valence-electron chi connectivity index (χ2n) is 7.37. The lowest BCUT2D eigenvalue weighted by Crippen LogP contribution is -1.84. The first-order chi connectivity index (χ1) is 15.6. The number of ether oxygens (including phenoxy) is 2. The van der Waals surface area contributed by atoms with E-state index < -0.39 is 0 Å². The number of aryl methyl sites for hydroxylation is 2. The molecule has 0 bridgehead atoms. The minimum atomic E-state index is 0.773. The number of aliphatic imine (C=N–C) groups is 2. The molecule has 0 radical (unpaired) electrons. The number of nitrogens with zero attached hydrogens (tertiary/aromatic N) is 2. The van der Waals surface area contributed by atoms with Crippen LogP contribution in [-0.2, 0) is 0 Å². The SMILES string of the molecule is Cc1ccc(Oc2ccc(N=CC=Nc3ccc(Oc4ccc(C)cc4)cc3)cc2)cc1. The molecule has 0 heterocycles. The summed E-state index contributed by atoms with van der Waals surface area (Å²) in [4.78, 5) is 8.81. The number of rotatable bonds is 7. The summed E-state index contributed by atoms with van der Waals surface area (Å²) in [5, 5.41) is 0. The van der Waals surface area contributed by atoms with Crippen molar-refractivity contribution in [3.05, 3.63) is 108 Å². The van der Waals surface area contributed by atoms with Gasteiger partial charge in [-0.15, -0.1) is 0 Å². The first-order valence-corrected chi connectivity index (χ1v) is 10.4. The van der Waals surface area contributed by atoms with Crippen molar-refractivity contribution in [3.8, 4) is 23.0 Å². The van der Waals surface area contributed by atoms with Crippen molar-refractivity contribution in [1.82, 2.24) is 0 Å². The van der Waals surface area contributed by atoms with Crippen LogP contribution in [0.2, 0.25) is 0 Å². The molecule has 0 atom stereocenters. The van der Waals surface area contributed by atoms with Crippen molar-refractivity contribution in [2.24, 2.45) is 9.98 Å². The predicted molar refractivity (Wildman–Crippen MR) is 132 cm³/mol. The van der Waals surface area contributed by atoms with Gasteiger partial charge in [0.15, 0.2) is 0 Å². The van der Waals surface area contributed by atoms with E-state index in [1.54, 1.807) is 12.4 Å². The molecular weight excluding hydrogens is 396 g/mol. The molecule has 32 heavy (non-hydrogen) atoms. The summed E-state index contributed by atoms with van der Waals surface area (Å²) in [6, 6.07) is 31.2. The summed E-state index contributed by atoms with van der Waals surface area (Å²) in [6.07, 6.45) is 3.35. The van der Waals surface area contributed by atoms with Gasteiger partial charge in [-0.3, -0.25) is 9.98 Å². The van der Waals surface area contributed by atoms with Crippen molar-refractivity contribution in [2.75, 3.05) is 0 Å². The maximum Gasteiger partial charge on any atom is 0.127 e. The quantitative estimate of drug-likeness (QED) is 0.284. The highest BCUT2D eigenvalue weighted by Crippen LogP contribution is 2.25. The summed E-state index contributed by atoms with van der Waals surface area (Å²) < 4.78 is 11.7. The van der Waals surface area contributed by atoms with Crippen LogP contribution in [-0.4, -0.2) is 12.4 Å². The normalized spacial score (nSPS) is 11.2. The van der Waals surface area contributed by atoms with Gasteiger partial charge in [0, 0.05) is 12.4 Å². The second kappa shape index (κ2) is 10.2. The molecule has 0 aliphatic heterocycles. The Balaban J connectivity index is 1.29. The summed E-state index contributed by atoms with van der Waals surface area (Å²) in [5.74, 6) is 3.17. The average molecular weight is 421 g/mol. The fraction of sp³-hybridized carbons (Fsp3) is 0.0714. The van der Waals surface area contributed by atoms with Crippen molar-refractivity contribution in [3.63, 3.8) is 0 Å². The molecule has 158 valence electrons. The van der Waals surface area contributed by atoms with E-state index >= 15 is 0 Å². The largest absolute Gasteiger partial charge is 0.457 e. The Morgan fingerprint density at radius 2 is 0.719 bits per heavy atom. The third kappa shape index (κ3) is 6.16. The van der Waals surface area contributed by atoms with Crippen molar-refractivity contribution >= 4 is 23.8 Å². The van der Waals surface area contributed by atoms with Gasteiger partial charge in [0.25, 0.3) is 0 Å². The van der Waals surface area contributed by atoms with Crippen molar-refractivity contribution in [1.29, 1.82) is 0 Å². The standard InChI is InChI=1S/C28H24N2O2/c1-21-3-11-25(12-4-21)31-27-15-7-23(8-16-27)29-19-20-30-24-9-17-28(18-10-24)32-26-13-5-22(2)6-14-26/h3-20H,1-2H3. The van der Waals surface area contributed by atoms with Crippen LogP contribution in [0.4, 0.5) is 11.4 Å². The molecule has 0 aliphatic rings. The van der Waals surface area contributed by atoms with Crippen LogP contribution in [0.5, 0.6) is 23.0 Å². The molecule has 0 spiro atoms. The Morgan fingerprint density at radius 3 is 1.03 bits per heavy atom. The molecule has 4 rings (SSSR count). The van der Waals surface area contributed by atoms with Crippen LogP contribution in [0.3, 0.4) is 0 Å². The van der Waals surface area contributed by atoms with Gasteiger partial charge in [0.1, 0.15) is 23.0 Å². The Hall–Kier alpha value is -4.18. The fourth-order valence-corrected chi connectivity index (χ4v) is 2.92. The summed E-state index contributed by atoms with van der Waals surface area (Å²) in [5.41, 5.74) is 4.06. The molecule has 4 aromatic rings. The molecule has 4 aromatic carbocycles. The molecule has 0 amide bonds. The van der Waals surface area contributed by atoms with Gasteiger partial charge < -0.3 is 9.47 Å². The molecule has 4 heteroatoms. The lowest BCUT2D eigenvalue weighted by molar-refractivity contribution is 0.482. The summed E-state index contributed by atoms with van der Waals surface area (Å²) in [6.45, 7) is 4.10. The van der Waals surface area contributed by atoms with Crippen molar-refractivity contribution < 1.29 is 9.47 Å². The topological polar surface area (TPSA) is 43.2 Å². The molecular formula is C28H24N2O2. The van der Waals surface area contributed by atoms with Gasteiger partial charge in [0.05, 0.1) is 11.4 Å². The number of benzene rings is 4. The fourth-order valence-electron chi connectivity index (χ4n) is 2.92. The minimum Gasteiger partial charge on any atom is -0.457 e. The zero-order valence-corrected chi connectivity index (χ0v) is 18.1. The van der Waals surface area contributed by atoms with E-state index in [1.165, 1.54) is 11.1 Å². The lowest BCUT2D eigenvalue weighted by Gasteiger charge is -2.06. The third-order valence-corrected chi connectivity index (χ3v) is 4.70. The van der Waals surface area contributed by atoms with E-state index in [9.17, 15) is 0 Å². The molecule has 0 N–H and O–H groups in total.